The SMILES string of the molecule is COc1cccc(C(=O)NCC(=O)N/N=C\c2ccc(C(=O)[O-])cc2)c1. The molecule has 0 unspecified atom stereocenters. The molecule has 134 valence electrons. The Morgan fingerprint density at radius 3 is 2.50 bits per heavy atom. The lowest BCUT2D eigenvalue weighted by atomic mass is 10.1. The number of carbonyl (C=O) groups is 3. The van der Waals surface area contributed by atoms with Gasteiger partial charge in [-0.25, -0.2) is 5.43 Å². The second-order valence-corrected chi connectivity index (χ2v) is 5.12. The number of carboxylic acid groups (broad SMARTS) is 1. The maximum absolute atomic E-state index is 12.0. The van der Waals surface area contributed by atoms with Crippen LogP contribution >= 0.6 is 0 Å². The molecule has 0 bridgehead atoms. The molecule has 2 aromatic rings. The minimum absolute atomic E-state index is 0.0476. The minimum atomic E-state index is -1.27. The van der Waals surface area contributed by atoms with E-state index in [1.807, 2.05) is 0 Å². The van der Waals surface area contributed by atoms with Crippen LogP contribution in [0, 0.1) is 0 Å². The number of nitrogens with zero attached hydrogens (tertiary/aromatic N) is 1. The van der Waals surface area contributed by atoms with Crippen molar-refractivity contribution in [2.45, 2.75) is 0 Å². The second kappa shape index (κ2) is 8.97. The highest BCUT2D eigenvalue weighted by Gasteiger charge is 2.08. The Kier molecular flexibility index (Phi) is 6.44. The molecule has 0 aliphatic heterocycles. The van der Waals surface area contributed by atoms with Crippen molar-refractivity contribution < 1.29 is 24.2 Å². The van der Waals surface area contributed by atoms with Crippen LogP contribution in [0.5, 0.6) is 5.75 Å². The minimum Gasteiger partial charge on any atom is -0.545 e. The van der Waals surface area contributed by atoms with Crippen molar-refractivity contribution >= 4 is 24.0 Å². The molecule has 0 aliphatic rings. The van der Waals surface area contributed by atoms with Gasteiger partial charge >= 0.3 is 0 Å². The molecule has 8 heteroatoms. The van der Waals surface area contributed by atoms with Gasteiger partial charge in [-0.3, -0.25) is 9.59 Å². The molecular formula is C18H16N3O5-. The first-order valence-corrected chi connectivity index (χ1v) is 7.55. The van der Waals surface area contributed by atoms with E-state index in [0.29, 0.717) is 16.9 Å². The van der Waals surface area contributed by atoms with Crippen molar-refractivity contribution in [3.05, 3.63) is 65.2 Å². The number of nitrogens with one attached hydrogen (secondary N) is 2. The number of hydrazone groups is 1. The Morgan fingerprint density at radius 2 is 1.85 bits per heavy atom. The van der Waals surface area contributed by atoms with Crippen LogP contribution in [0.2, 0.25) is 0 Å². The zero-order valence-corrected chi connectivity index (χ0v) is 13.9. The van der Waals surface area contributed by atoms with Crippen LogP contribution in [-0.2, 0) is 4.79 Å². The Bertz CT molecular complexity index is 831. The van der Waals surface area contributed by atoms with Crippen molar-refractivity contribution in [2.24, 2.45) is 5.10 Å². The monoisotopic (exact) mass is 354 g/mol. The number of methoxy groups -OCH3 is 1. The fourth-order valence-electron chi connectivity index (χ4n) is 1.95. The fourth-order valence-corrected chi connectivity index (χ4v) is 1.95. The first-order chi connectivity index (χ1) is 12.5. The Morgan fingerprint density at radius 1 is 1.12 bits per heavy atom. The molecule has 0 heterocycles. The number of hydrogen-bond donors (Lipinski definition) is 2. The average Bonchev–Trinajstić information content (AvgIpc) is 2.66. The summed E-state index contributed by atoms with van der Waals surface area (Å²) in [5.74, 6) is -1.66. The first-order valence-electron chi connectivity index (χ1n) is 7.55. The molecule has 0 saturated carbocycles. The quantitative estimate of drug-likeness (QED) is 0.533. The van der Waals surface area contributed by atoms with Crippen LogP contribution in [0.15, 0.2) is 53.6 Å². The maximum Gasteiger partial charge on any atom is 0.259 e. The summed E-state index contributed by atoms with van der Waals surface area (Å²) < 4.78 is 5.03. The van der Waals surface area contributed by atoms with Crippen LogP contribution in [0.1, 0.15) is 26.3 Å². The molecule has 0 aromatic heterocycles. The molecule has 0 saturated heterocycles. The third-order valence-corrected chi connectivity index (χ3v) is 3.29. The van der Waals surface area contributed by atoms with Crippen LogP contribution in [0.4, 0.5) is 0 Å². The van der Waals surface area contributed by atoms with Gasteiger partial charge in [-0.2, -0.15) is 5.10 Å². The van der Waals surface area contributed by atoms with Crippen molar-refractivity contribution in [2.75, 3.05) is 13.7 Å². The zero-order chi connectivity index (χ0) is 18.9. The van der Waals surface area contributed by atoms with Gasteiger partial charge in [0.1, 0.15) is 5.75 Å². The zero-order valence-electron chi connectivity index (χ0n) is 13.9. The highest BCUT2D eigenvalue weighted by molar-refractivity contribution is 5.96. The summed E-state index contributed by atoms with van der Waals surface area (Å²) >= 11 is 0. The highest BCUT2D eigenvalue weighted by Crippen LogP contribution is 2.12. The van der Waals surface area contributed by atoms with E-state index in [9.17, 15) is 19.5 Å². The molecule has 0 fully saturated rings. The van der Waals surface area contributed by atoms with Crippen LogP contribution in [0.3, 0.4) is 0 Å². The summed E-state index contributed by atoms with van der Waals surface area (Å²) in [4.78, 5) is 34.3. The molecule has 0 aliphatic carbocycles. The van der Waals surface area contributed by atoms with Gasteiger partial charge in [0.25, 0.3) is 11.8 Å². The lowest BCUT2D eigenvalue weighted by Crippen LogP contribution is -2.34. The number of rotatable bonds is 7. The van der Waals surface area contributed by atoms with Gasteiger partial charge in [0.15, 0.2) is 0 Å². The molecule has 0 radical (unpaired) electrons. The van der Waals surface area contributed by atoms with E-state index in [4.69, 9.17) is 4.74 Å². The number of benzene rings is 2. The van der Waals surface area contributed by atoms with Crippen LogP contribution < -0.4 is 20.6 Å². The molecule has 2 rings (SSSR count). The summed E-state index contributed by atoms with van der Waals surface area (Å²) in [6.07, 6.45) is 1.35. The summed E-state index contributed by atoms with van der Waals surface area (Å²) in [6.45, 7) is -0.253. The van der Waals surface area contributed by atoms with Crippen molar-refractivity contribution in [3.8, 4) is 5.75 Å². The van der Waals surface area contributed by atoms with Gasteiger partial charge in [-0.1, -0.05) is 30.3 Å². The van der Waals surface area contributed by atoms with Gasteiger partial charge in [0.05, 0.1) is 25.8 Å². The van der Waals surface area contributed by atoms with Gasteiger partial charge < -0.3 is 20.0 Å². The third-order valence-electron chi connectivity index (χ3n) is 3.29. The normalized spacial score (nSPS) is 10.3. The van der Waals surface area contributed by atoms with Crippen molar-refractivity contribution in [1.82, 2.24) is 10.7 Å². The smallest absolute Gasteiger partial charge is 0.259 e. The predicted molar refractivity (Wildman–Crippen MR) is 91.8 cm³/mol. The molecule has 8 nitrogen and oxygen atoms in total. The van der Waals surface area contributed by atoms with E-state index < -0.39 is 17.8 Å². The second-order valence-electron chi connectivity index (χ2n) is 5.12. The topological polar surface area (TPSA) is 120 Å². The van der Waals surface area contributed by atoms with Crippen molar-refractivity contribution in [1.29, 1.82) is 0 Å². The lowest BCUT2D eigenvalue weighted by Gasteiger charge is -2.06. The number of ether oxygens (including phenoxy) is 1. The lowest BCUT2D eigenvalue weighted by molar-refractivity contribution is -0.255. The van der Waals surface area contributed by atoms with Crippen LogP contribution in [-0.4, -0.2) is 37.7 Å². The van der Waals surface area contributed by atoms with Gasteiger partial charge in [0, 0.05) is 5.56 Å². The Balaban J connectivity index is 1.81. The predicted octanol–water partition coefficient (Wildman–Crippen LogP) is -0.0612. The maximum atomic E-state index is 12.0. The van der Waals surface area contributed by atoms with E-state index in [0.717, 1.165) is 0 Å². The largest absolute Gasteiger partial charge is 0.545 e. The fraction of sp³-hybridized carbons (Fsp3) is 0.111. The summed E-state index contributed by atoms with van der Waals surface area (Å²) in [7, 11) is 1.49. The average molecular weight is 354 g/mol. The van der Waals surface area contributed by atoms with Gasteiger partial charge in [-0.15, -0.1) is 0 Å². The Hall–Kier alpha value is -3.68. The number of carbonyl (C=O) groups excluding carboxylic acids is 3. The van der Waals surface area contributed by atoms with Gasteiger partial charge in [0.2, 0.25) is 0 Å². The van der Waals surface area contributed by atoms with E-state index in [2.05, 4.69) is 15.8 Å². The third kappa shape index (κ3) is 5.45. The molecule has 2 N–H and O–H groups in total. The Labute approximate surface area is 149 Å². The standard InChI is InChI=1S/C18H17N3O5/c1-26-15-4-2-3-14(9-15)17(23)19-11-16(22)21-20-10-12-5-7-13(8-6-12)18(24)25/h2-10H,11H2,1H3,(H,19,23)(H,21,22)(H,24,25)/p-1/b20-10-. The summed E-state index contributed by atoms with van der Waals surface area (Å²) in [5.41, 5.74) is 3.27. The van der Waals surface area contributed by atoms with E-state index in [1.165, 1.54) is 37.6 Å². The molecule has 2 amide bonds. The first kappa shape index (κ1) is 18.7. The molecule has 26 heavy (non-hydrogen) atoms. The number of aromatic carboxylic acids is 1. The number of amides is 2. The van der Waals surface area contributed by atoms with E-state index in [-0.39, 0.29) is 12.1 Å². The summed E-state index contributed by atoms with van der Waals surface area (Å²) in [5, 5.41) is 16.8. The number of hydrogen-bond acceptors (Lipinski definition) is 6. The molecular weight excluding hydrogens is 338 g/mol. The molecule has 0 spiro atoms. The highest BCUT2D eigenvalue weighted by atomic mass is 16.5. The number of carboxylic acids is 1. The molecule has 0 atom stereocenters. The molecule has 2 aromatic carbocycles. The van der Waals surface area contributed by atoms with E-state index >= 15 is 0 Å². The van der Waals surface area contributed by atoms with Gasteiger partial charge in [-0.05, 0) is 29.3 Å². The van der Waals surface area contributed by atoms with Crippen molar-refractivity contribution in [3.63, 3.8) is 0 Å². The van der Waals surface area contributed by atoms with E-state index in [1.54, 1.807) is 24.3 Å². The van der Waals surface area contributed by atoms with Crippen LogP contribution in [0.25, 0.3) is 0 Å². The summed E-state index contributed by atoms with van der Waals surface area (Å²) in [6, 6.07) is 12.3.